The Morgan fingerprint density at radius 2 is 1.82 bits per heavy atom. The molecule has 1 aromatic heterocycles. The summed E-state index contributed by atoms with van der Waals surface area (Å²) in [6.07, 6.45) is 0. The normalized spacial score (nSPS) is 16.0. The number of tetrazole rings is 1. The van der Waals surface area contributed by atoms with Crippen LogP contribution in [0.15, 0.2) is 30.3 Å². The van der Waals surface area contributed by atoms with Crippen LogP contribution in [-0.2, 0) is 17.9 Å². The molecule has 7 nitrogen and oxygen atoms in total. The minimum atomic E-state index is 0.147. The second-order valence-electron chi connectivity index (χ2n) is 5.52. The van der Waals surface area contributed by atoms with Gasteiger partial charge in [0.1, 0.15) is 0 Å². The molecule has 3 rings (SSSR count). The number of hydrogen-bond acceptors (Lipinski definition) is 5. The first kappa shape index (κ1) is 14.6. The minimum Gasteiger partial charge on any atom is -0.340 e. The molecule has 0 atom stereocenters. The molecule has 1 aliphatic heterocycles. The number of piperazine rings is 1. The van der Waals surface area contributed by atoms with Gasteiger partial charge in [-0.2, -0.15) is 0 Å². The molecule has 0 radical (unpaired) electrons. The zero-order chi connectivity index (χ0) is 15.4. The Morgan fingerprint density at radius 3 is 2.50 bits per heavy atom. The number of nitrogens with zero attached hydrogens (tertiary/aromatic N) is 6. The first-order chi connectivity index (χ1) is 10.7. The van der Waals surface area contributed by atoms with Crippen molar-refractivity contribution in [3.63, 3.8) is 0 Å². The largest absolute Gasteiger partial charge is 0.340 e. The molecule has 0 spiro atoms. The lowest BCUT2D eigenvalue weighted by molar-refractivity contribution is -0.130. The van der Waals surface area contributed by atoms with Crippen LogP contribution in [0, 0.1) is 0 Å². The maximum absolute atomic E-state index is 11.4. The van der Waals surface area contributed by atoms with Crippen LogP contribution in [-0.4, -0.2) is 62.1 Å². The van der Waals surface area contributed by atoms with Crippen molar-refractivity contribution in [2.75, 3.05) is 26.2 Å². The molecule has 0 aliphatic carbocycles. The highest BCUT2D eigenvalue weighted by atomic mass is 16.2. The summed E-state index contributed by atoms with van der Waals surface area (Å²) in [6, 6.07) is 10.2. The monoisotopic (exact) mass is 300 g/mol. The summed E-state index contributed by atoms with van der Waals surface area (Å²) in [5.41, 5.74) is 1.18. The number of aromatic nitrogens is 4. The van der Waals surface area contributed by atoms with E-state index in [4.69, 9.17) is 0 Å². The third-order valence-electron chi connectivity index (χ3n) is 3.96. The van der Waals surface area contributed by atoms with Gasteiger partial charge in [-0.05, 0) is 16.0 Å². The van der Waals surface area contributed by atoms with Gasteiger partial charge in [-0.25, -0.2) is 4.68 Å². The Kier molecular flexibility index (Phi) is 4.43. The topological polar surface area (TPSA) is 67.2 Å². The third-order valence-corrected chi connectivity index (χ3v) is 3.96. The molecular formula is C15H20N6O. The molecule has 1 amide bonds. The van der Waals surface area contributed by atoms with Gasteiger partial charge in [0.2, 0.25) is 5.91 Å². The number of amides is 1. The number of rotatable bonds is 4. The Labute approximate surface area is 129 Å². The Balaban J connectivity index is 1.60. The summed E-state index contributed by atoms with van der Waals surface area (Å²) in [7, 11) is 0. The van der Waals surface area contributed by atoms with Gasteiger partial charge in [0.05, 0.1) is 13.1 Å². The zero-order valence-electron chi connectivity index (χ0n) is 12.7. The van der Waals surface area contributed by atoms with Gasteiger partial charge in [-0.3, -0.25) is 9.69 Å². The quantitative estimate of drug-likeness (QED) is 0.817. The van der Waals surface area contributed by atoms with E-state index in [0.29, 0.717) is 13.1 Å². The lowest BCUT2D eigenvalue weighted by Gasteiger charge is -2.33. The summed E-state index contributed by atoms with van der Waals surface area (Å²) < 4.78 is 1.84. The number of hydrogen-bond donors (Lipinski definition) is 0. The van der Waals surface area contributed by atoms with Crippen LogP contribution >= 0.6 is 0 Å². The Morgan fingerprint density at radius 1 is 1.09 bits per heavy atom. The van der Waals surface area contributed by atoms with E-state index < -0.39 is 0 Å². The van der Waals surface area contributed by atoms with Crippen LogP contribution in [0.25, 0.3) is 0 Å². The molecule has 2 heterocycles. The summed E-state index contributed by atoms with van der Waals surface area (Å²) in [4.78, 5) is 15.5. The summed E-state index contributed by atoms with van der Waals surface area (Å²) >= 11 is 0. The van der Waals surface area contributed by atoms with Crippen molar-refractivity contribution in [1.82, 2.24) is 30.0 Å². The molecule has 0 N–H and O–H groups in total. The first-order valence-corrected chi connectivity index (χ1v) is 7.49. The Bertz CT molecular complexity index is 618. The van der Waals surface area contributed by atoms with E-state index in [1.165, 1.54) is 5.56 Å². The zero-order valence-corrected chi connectivity index (χ0v) is 12.7. The molecule has 7 heteroatoms. The van der Waals surface area contributed by atoms with Crippen molar-refractivity contribution in [1.29, 1.82) is 0 Å². The number of carbonyl (C=O) groups is 1. The van der Waals surface area contributed by atoms with E-state index in [1.807, 2.05) is 27.8 Å². The third kappa shape index (κ3) is 3.48. The smallest absolute Gasteiger partial charge is 0.219 e. The molecule has 1 fully saturated rings. The molecule has 1 saturated heterocycles. The highest BCUT2D eigenvalue weighted by Crippen LogP contribution is 2.08. The van der Waals surface area contributed by atoms with Gasteiger partial charge < -0.3 is 4.90 Å². The standard InChI is InChI=1S/C15H20N6O/c1-13(22)20-9-7-19(8-10-20)12-15-16-17-18-21(15)11-14-5-3-2-4-6-14/h2-6H,7-12H2,1H3. The average molecular weight is 300 g/mol. The van der Waals surface area contributed by atoms with Gasteiger partial charge in [-0.1, -0.05) is 30.3 Å². The van der Waals surface area contributed by atoms with E-state index in [2.05, 4.69) is 32.6 Å². The molecular weight excluding hydrogens is 280 g/mol. The molecule has 116 valence electrons. The van der Waals surface area contributed by atoms with Crippen molar-refractivity contribution in [2.45, 2.75) is 20.0 Å². The van der Waals surface area contributed by atoms with Gasteiger partial charge >= 0.3 is 0 Å². The van der Waals surface area contributed by atoms with E-state index in [0.717, 1.165) is 32.0 Å². The second kappa shape index (κ2) is 6.65. The van der Waals surface area contributed by atoms with Crippen molar-refractivity contribution in [3.05, 3.63) is 41.7 Å². The average Bonchev–Trinajstić information content (AvgIpc) is 2.96. The second-order valence-corrected chi connectivity index (χ2v) is 5.52. The molecule has 0 unspecified atom stereocenters. The fourth-order valence-corrected chi connectivity index (χ4v) is 2.64. The highest BCUT2D eigenvalue weighted by molar-refractivity contribution is 5.73. The predicted octanol–water partition coefficient (Wildman–Crippen LogP) is 0.385. The van der Waals surface area contributed by atoms with Crippen LogP contribution in [0.1, 0.15) is 18.3 Å². The van der Waals surface area contributed by atoms with Crippen molar-refractivity contribution < 1.29 is 4.79 Å². The highest BCUT2D eigenvalue weighted by Gasteiger charge is 2.20. The first-order valence-electron chi connectivity index (χ1n) is 7.49. The van der Waals surface area contributed by atoms with Gasteiger partial charge in [0.15, 0.2) is 5.82 Å². The van der Waals surface area contributed by atoms with Crippen LogP contribution in [0.5, 0.6) is 0 Å². The molecule has 22 heavy (non-hydrogen) atoms. The van der Waals surface area contributed by atoms with Crippen molar-refractivity contribution in [2.24, 2.45) is 0 Å². The fraction of sp³-hybridized carbons (Fsp3) is 0.467. The molecule has 1 aromatic carbocycles. The van der Waals surface area contributed by atoms with Crippen molar-refractivity contribution in [3.8, 4) is 0 Å². The maximum atomic E-state index is 11.4. The lowest BCUT2D eigenvalue weighted by atomic mass is 10.2. The summed E-state index contributed by atoms with van der Waals surface area (Å²) in [5, 5.41) is 12.0. The number of benzene rings is 1. The van der Waals surface area contributed by atoms with Gasteiger partial charge in [0.25, 0.3) is 0 Å². The fourth-order valence-electron chi connectivity index (χ4n) is 2.64. The van der Waals surface area contributed by atoms with Crippen LogP contribution < -0.4 is 0 Å². The number of carbonyl (C=O) groups excluding carboxylic acids is 1. The van der Waals surface area contributed by atoms with E-state index in [9.17, 15) is 4.79 Å². The van der Waals surface area contributed by atoms with E-state index in [1.54, 1.807) is 6.92 Å². The van der Waals surface area contributed by atoms with Crippen LogP contribution in [0.3, 0.4) is 0 Å². The molecule has 0 bridgehead atoms. The van der Waals surface area contributed by atoms with E-state index >= 15 is 0 Å². The Hall–Kier alpha value is -2.28. The molecule has 1 aliphatic rings. The molecule has 0 saturated carbocycles. The van der Waals surface area contributed by atoms with Crippen LogP contribution in [0.2, 0.25) is 0 Å². The van der Waals surface area contributed by atoms with Gasteiger partial charge in [0, 0.05) is 33.1 Å². The van der Waals surface area contributed by atoms with Crippen LogP contribution in [0.4, 0.5) is 0 Å². The minimum absolute atomic E-state index is 0.147. The summed E-state index contributed by atoms with van der Waals surface area (Å²) in [6.45, 7) is 6.28. The lowest BCUT2D eigenvalue weighted by Crippen LogP contribution is -2.47. The van der Waals surface area contributed by atoms with E-state index in [-0.39, 0.29) is 5.91 Å². The predicted molar refractivity (Wildman–Crippen MR) is 80.9 cm³/mol. The summed E-state index contributed by atoms with van der Waals surface area (Å²) in [5.74, 6) is 1.01. The van der Waals surface area contributed by atoms with Crippen molar-refractivity contribution >= 4 is 5.91 Å². The SMILES string of the molecule is CC(=O)N1CCN(Cc2nnnn2Cc2ccccc2)CC1. The molecule has 2 aromatic rings. The maximum Gasteiger partial charge on any atom is 0.219 e. The van der Waals surface area contributed by atoms with Gasteiger partial charge in [-0.15, -0.1) is 5.10 Å².